The fraction of sp³-hybridized carbons (Fsp3) is 0.600. The molecule has 0 radical (unpaired) electrons. The first-order chi connectivity index (χ1) is 9.99. The molecule has 4 nitrogen and oxygen atoms in total. The lowest BCUT2D eigenvalue weighted by Crippen LogP contribution is -2.47. The lowest BCUT2D eigenvalue weighted by Gasteiger charge is -2.51. The average molecular weight is 296 g/mol. The highest BCUT2D eigenvalue weighted by molar-refractivity contribution is 5.65. The van der Waals surface area contributed by atoms with E-state index in [0.29, 0.717) is 19.0 Å². The van der Waals surface area contributed by atoms with E-state index in [2.05, 4.69) is 4.98 Å². The summed E-state index contributed by atoms with van der Waals surface area (Å²) >= 11 is 0. The third kappa shape index (κ3) is 2.71. The van der Waals surface area contributed by atoms with E-state index in [1.54, 1.807) is 6.07 Å². The van der Waals surface area contributed by atoms with Gasteiger partial charge in [0.25, 0.3) is 6.43 Å². The monoisotopic (exact) mass is 296 g/mol. The Labute approximate surface area is 121 Å². The first-order valence-corrected chi connectivity index (χ1v) is 7.21. The lowest BCUT2D eigenvalue weighted by atomic mass is 9.57. The number of amides is 1. The molecule has 1 amide bonds. The molecule has 0 bridgehead atoms. The van der Waals surface area contributed by atoms with Gasteiger partial charge in [-0.25, -0.2) is 13.6 Å². The van der Waals surface area contributed by atoms with Gasteiger partial charge >= 0.3 is 6.09 Å². The van der Waals surface area contributed by atoms with Crippen molar-refractivity contribution in [2.75, 3.05) is 13.1 Å². The summed E-state index contributed by atoms with van der Waals surface area (Å²) in [6.07, 6.45) is 1.71. The second-order valence-corrected chi connectivity index (χ2v) is 6.19. The van der Waals surface area contributed by atoms with Gasteiger partial charge in [-0.2, -0.15) is 0 Å². The van der Waals surface area contributed by atoms with E-state index in [9.17, 15) is 13.6 Å². The molecule has 1 aliphatic heterocycles. The van der Waals surface area contributed by atoms with E-state index in [0.717, 1.165) is 31.4 Å². The van der Waals surface area contributed by atoms with Crippen LogP contribution in [0.2, 0.25) is 0 Å². The van der Waals surface area contributed by atoms with Crippen molar-refractivity contribution >= 4 is 6.09 Å². The number of piperidine rings is 1. The molecule has 3 rings (SSSR count). The Kier molecular flexibility index (Phi) is 3.55. The van der Waals surface area contributed by atoms with Crippen LogP contribution in [0, 0.1) is 5.41 Å². The van der Waals surface area contributed by atoms with Gasteiger partial charge in [0.05, 0.1) is 0 Å². The molecule has 6 heteroatoms. The number of likely N-dealkylation sites (tertiary alicyclic amines) is 1. The Hall–Kier alpha value is -1.72. The summed E-state index contributed by atoms with van der Waals surface area (Å²) in [4.78, 5) is 16.5. The Morgan fingerprint density at radius 3 is 2.48 bits per heavy atom. The van der Waals surface area contributed by atoms with Crippen LogP contribution >= 0.6 is 0 Å². The van der Waals surface area contributed by atoms with Crippen LogP contribution < -0.4 is 0 Å². The second kappa shape index (κ2) is 5.24. The lowest BCUT2D eigenvalue weighted by molar-refractivity contribution is 0.0177. The topological polar surface area (TPSA) is 53.4 Å². The first-order valence-electron chi connectivity index (χ1n) is 7.21. The van der Waals surface area contributed by atoms with Crippen LogP contribution in [0.3, 0.4) is 0 Å². The van der Waals surface area contributed by atoms with Crippen molar-refractivity contribution in [2.45, 2.75) is 38.0 Å². The van der Waals surface area contributed by atoms with Gasteiger partial charge in [0.2, 0.25) is 0 Å². The summed E-state index contributed by atoms with van der Waals surface area (Å²) in [6.45, 7) is 1.19. The van der Waals surface area contributed by atoms with E-state index in [-0.39, 0.29) is 11.0 Å². The molecule has 0 unspecified atom stereocenters. The number of aromatic nitrogens is 1. The molecule has 1 saturated carbocycles. The maximum absolute atomic E-state index is 12.5. The number of carboxylic acid groups (broad SMARTS) is 1. The van der Waals surface area contributed by atoms with Crippen molar-refractivity contribution in [3.05, 3.63) is 29.6 Å². The summed E-state index contributed by atoms with van der Waals surface area (Å²) in [5, 5.41) is 8.95. The number of alkyl halides is 2. The molecular formula is C15H18F2N2O2. The molecule has 1 N–H and O–H groups in total. The molecule has 0 atom stereocenters. The third-order valence-electron chi connectivity index (χ3n) is 4.93. The summed E-state index contributed by atoms with van der Waals surface area (Å²) in [5.41, 5.74) is 1.08. The zero-order valence-electron chi connectivity index (χ0n) is 11.6. The van der Waals surface area contributed by atoms with Gasteiger partial charge in [0, 0.05) is 36.5 Å². The number of pyridine rings is 1. The van der Waals surface area contributed by atoms with Gasteiger partial charge in [0.1, 0.15) is 0 Å². The van der Waals surface area contributed by atoms with Crippen molar-refractivity contribution in [3.8, 4) is 0 Å². The number of hydrogen-bond donors (Lipinski definition) is 1. The smallest absolute Gasteiger partial charge is 0.407 e. The van der Waals surface area contributed by atoms with Gasteiger partial charge in [-0.15, -0.1) is 0 Å². The minimum absolute atomic E-state index is 0.0393. The minimum atomic E-state index is -2.47. The maximum atomic E-state index is 12.5. The van der Waals surface area contributed by atoms with Crippen LogP contribution in [0.25, 0.3) is 0 Å². The molecule has 1 saturated heterocycles. The number of hydrogen-bond acceptors (Lipinski definition) is 2. The zero-order valence-corrected chi connectivity index (χ0v) is 11.6. The van der Waals surface area contributed by atoms with Gasteiger partial charge in [-0.1, -0.05) is 0 Å². The molecule has 2 fully saturated rings. The SMILES string of the molecule is O=C(O)N1CCC2(CC1)CC(c1ccc(C(F)F)cn1)C2. The van der Waals surface area contributed by atoms with Crippen molar-refractivity contribution in [3.63, 3.8) is 0 Å². The average Bonchev–Trinajstić information content (AvgIpc) is 2.45. The second-order valence-electron chi connectivity index (χ2n) is 6.19. The van der Waals surface area contributed by atoms with E-state index in [1.165, 1.54) is 17.2 Å². The van der Waals surface area contributed by atoms with E-state index >= 15 is 0 Å². The number of halogens is 2. The highest BCUT2D eigenvalue weighted by atomic mass is 19.3. The standard InChI is InChI=1S/C15H18F2N2O2/c16-13(17)10-1-2-12(18-9-10)11-7-15(8-11)3-5-19(6-4-15)14(20)21/h1-2,9,11,13H,3-8H2,(H,20,21). The fourth-order valence-electron chi connectivity index (χ4n) is 3.56. The van der Waals surface area contributed by atoms with Gasteiger partial charge in [-0.3, -0.25) is 4.98 Å². The Morgan fingerprint density at radius 1 is 1.33 bits per heavy atom. The van der Waals surface area contributed by atoms with Crippen LogP contribution in [0.4, 0.5) is 13.6 Å². The molecule has 114 valence electrons. The van der Waals surface area contributed by atoms with E-state index < -0.39 is 12.5 Å². The molecule has 0 aromatic carbocycles. The van der Waals surface area contributed by atoms with Crippen molar-refractivity contribution in [1.29, 1.82) is 0 Å². The molecule has 1 spiro atoms. The summed E-state index contributed by atoms with van der Waals surface area (Å²) in [7, 11) is 0. The predicted molar refractivity (Wildman–Crippen MR) is 72.4 cm³/mol. The van der Waals surface area contributed by atoms with Crippen LogP contribution in [-0.2, 0) is 0 Å². The molecule has 1 aliphatic carbocycles. The summed E-state index contributed by atoms with van der Waals surface area (Å²) in [5.74, 6) is 0.327. The third-order valence-corrected chi connectivity index (χ3v) is 4.93. The van der Waals surface area contributed by atoms with E-state index in [1.807, 2.05) is 0 Å². The van der Waals surface area contributed by atoms with Crippen LogP contribution in [0.15, 0.2) is 18.3 Å². The molecule has 2 aliphatic rings. The maximum Gasteiger partial charge on any atom is 0.407 e. The number of carbonyl (C=O) groups is 1. The highest BCUT2D eigenvalue weighted by Crippen LogP contribution is 2.56. The van der Waals surface area contributed by atoms with Crippen molar-refractivity contribution in [2.24, 2.45) is 5.41 Å². The molecular weight excluding hydrogens is 278 g/mol. The first kappa shape index (κ1) is 14.2. The molecule has 1 aromatic heterocycles. The van der Waals surface area contributed by atoms with Crippen molar-refractivity contribution < 1.29 is 18.7 Å². The highest BCUT2D eigenvalue weighted by Gasteiger charge is 2.47. The molecule has 2 heterocycles. The largest absolute Gasteiger partial charge is 0.465 e. The molecule has 1 aromatic rings. The quantitative estimate of drug-likeness (QED) is 0.906. The normalized spacial score (nSPS) is 21.6. The number of nitrogens with zero attached hydrogens (tertiary/aromatic N) is 2. The van der Waals surface area contributed by atoms with Crippen LogP contribution in [-0.4, -0.2) is 34.2 Å². The Bertz CT molecular complexity index is 517. The predicted octanol–water partition coefficient (Wildman–Crippen LogP) is 3.66. The van der Waals surface area contributed by atoms with E-state index in [4.69, 9.17) is 5.11 Å². The van der Waals surface area contributed by atoms with Crippen LogP contribution in [0.5, 0.6) is 0 Å². The van der Waals surface area contributed by atoms with Gasteiger partial charge in [0.15, 0.2) is 0 Å². The Morgan fingerprint density at radius 2 is 2.00 bits per heavy atom. The van der Waals surface area contributed by atoms with Crippen molar-refractivity contribution in [1.82, 2.24) is 9.88 Å². The van der Waals surface area contributed by atoms with Crippen LogP contribution in [0.1, 0.15) is 49.3 Å². The summed E-state index contributed by atoms with van der Waals surface area (Å²) in [6, 6.07) is 3.15. The number of rotatable bonds is 2. The zero-order chi connectivity index (χ0) is 15.0. The van der Waals surface area contributed by atoms with Gasteiger partial charge < -0.3 is 10.0 Å². The minimum Gasteiger partial charge on any atom is -0.465 e. The summed E-state index contributed by atoms with van der Waals surface area (Å²) < 4.78 is 25.0. The Balaban J connectivity index is 1.57. The molecule has 21 heavy (non-hydrogen) atoms. The van der Waals surface area contributed by atoms with Gasteiger partial charge in [-0.05, 0) is 43.2 Å². The fourth-order valence-corrected chi connectivity index (χ4v) is 3.56.